The number of aromatic nitrogens is 4. The van der Waals surface area contributed by atoms with E-state index in [-0.39, 0.29) is 16.8 Å². The molecule has 24 heavy (non-hydrogen) atoms. The van der Waals surface area contributed by atoms with Crippen LogP contribution in [0.25, 0.3) is 0 Å². The first-order chi connectivity index (χ1) is 11.3. The van der Waals surface area contributed by atoms with Gasteiger partial charge in [0.2, 0.25) is 0 Å². The fraction of sp³-hybridized carbons (Fsp3) is 0.533. The van der Waals surface area contributed by atoms with E-state index in [4.69, 9.17) is 0 Å². The number of hydrogen-bond acceptors (Lipinski definition) is 5. The normalized spacial score (nSPS) is 18.8. The molecule has 2 aromatic rings. The average molecular weight is 351 g/mol. The van der Waals surface area contributed by atoms with E-state index in [1.807, 2.05) is 0 Å². The number of amides is 1. The highest BCUT2D eigenvalue weighted by molar-refractivity contribution is 7.90. The summed E-state index contributed by atoms with van der Waals surface area (Å²) >= 11 is 0. The van der Waals surface area contributed by atoms with Crippen molar-refractivity contribution in [3.63, 3.8) is 0 Å². The zero-order valence-electron chi connectivity index (χ0n) is 14.0. The van der Waals surface area contributed by atoms with Crippen LogP contribution in [0.5, 0.6) is 0 Å². The summed E-state index contributed by atoms with van der Waals surface area (Å²) in [5, 5.41) is 10.9. The van der Waals surface area contributed by atoms with E-state index in [1.54, 1.807) is 29.7 Å². The first kappa shape index (κ1) is 16.7. The van der Waals surface area contributed by atoms with Gasteiger partial charge in [-0.15, -0.1) is 0 Å². The molecule has 1 amide bonds. The maximum Gasteiger partial charge on any atom is 0.257 e. The van der Waals surface area contributed by atoms with Gasteiger partial charge in [-0.1, -0.05) is 0 Å². The number of nitrogens with one attached hydrogen (secondary N) is 1. The highest BCUT2D eigenvalue weighted by Crippen LogP contribution is 2.34. The van der Waals surface area contributed by atoms with Crippen LogP contribution < -0.4 is 0 Å². The SMILES string of the molecule is Cc1nn(C)cc1C(=O)N1CCCCC1c1[nH]ncc1S(C)(=O)=O. The van der Waals surface area contributed by atoms with Crippen LogP contribution in [0.2, 0.25) is 0 Å². The van der Waals surface area contributed by atoms with E-state index in [0.717, 1.165) is 19.1 Å². The van der Waals surface area contributed by atoms with E-state index >= 15 is 0 Å². The molecule has 3 heterocycles. The third-order valence-electron chi connectivity index (χ3n) is 4.37. The number of aromatic amines is 1. The van der Waals surface area contributed by atoms with Gasteiger partial charge in [0.15, 0.2) is 9.84 Å². The van der Waals surface area contributed by atoms with Crippen LogP contribution in [0.4, 0.5) is 0 Å². The lowest BCUT2D eigenvalue weighted by atomic mass is 9.98. The Bertz CT molecular complexity index is 868. The van der Waals surface area contributed by atoms with Crippen molar-refractivity contribution < 1.29 is 13.2 Å². The summed E-state index contributed by atoms with van der Waals surface area (Å²) in [6.45, 7) is 2.38. The van der Waals surface area contributed by atoms with Gasteiger partial charge in [-0.2, -0.15) is 10.2 Å². The molecule has 0 bridgehead atoms. The third-order valence-corrected chi connectivity index (χ3v) is 5.50. The molecule has 0 saturated carbocycles. The number of carbonyl (C=O) groups excluding carboxylic acids is 1. The molecule has 9 heteroatoms. The van der Waals surface area contributed by atoms with E-state index in [1.165, 1.54) is 6.20 Å². The highest BCUT2D eigenvalue weighted by atomic mass is 32.2. The van der Waals surface area contributed by atoms with Crippen LogP contribution in [0.3, 0.4) is 0 Å². The molecule has 0 aliphatic carbocycles. The second-order valence-electron chi connectivity index (χ2n) is 6.23. The molecule has 2 aromatic heterocycles. The summed E-state index contributed by atoms with van der Waals surface area (Å²) in [5.74, 6) is -0.126. The molecule has 1 aliphatic rings. The smallest absolute Gasteiger partial charge is 0.257 e. The van der Waals surface area contributed by atoms with Gasteiger partial charge in [-0.25, -0.2) is 8.42 Å². The largest absolute Gasteiger partial charge is 0.330 e. The Morgan fingerprint density at radius 3 is 2.75 bits per heavy atom. The standard InChI is InChI=1S/C15H21N5O3S/c1-10-11(9-19(2)18-10)15(21)20-7-5-4-6-12(20)14-13(8-16-17-14)24(3,22)23/h8-9,12H,4-7H2,1-3H3,(H,16,17). The number of likely N-dealkylation sites (tertiary alicyclic amines) is 1. The van der Waals surface area contributed by atoms with Gasteiger partial charge in [0.05, 0.1) is 29.2 Å². The molecule has 1 atom stereocenters. The number of piperidine rings is 1. The summed E-state index contributed by atoms with van der Waals surface area (Å²) in [7, 11) is -1.63. The minimum atomic E-state index is -3.41. The van der Waals surface area contributed by atoms with Crippen molar-refractivity contribution in [3.05, 3.63) is 29.3 Å². The maximum atomic E-state index is 13.0. The number of hydrogen-bond donors (Lipinski definition) is 1. The fourth-order valence-electron chi connectivity index (χ4n) is 3.26. The van der Waals surface area contributed by atoms with Crippen molar-refractivity contribution in [2.75, 3.05) is 12.8 Å². The first-order valence-corrected chi connectivity index (χ1v) is 9.72. The molecule has 1 unspecified atom stereocenters. The van der Waals surface area contributed by atoms with Crippen molar-refractivity contribution in [2.24, 2.45) is 7.05 Å². The van der Waals surface area contributed by atoms with Crippen molar-refractivity contribution in [1.82, 2.24) is 24.9 Å². The van der Waals surface area contributed by atoms with Crippen LogP contribution in [0.1, 0.15) is 47.1 Å². The van der Waals surface area contributed by atoms with Gasteiger partial charge >= 0.3 is 0 Å². The molecule has 1 N–H and O–H groups in total. The number of sulfone groups is 1. The molecule has 130 valence electrons. The number of carbonyl (C=O) groups is 1. The predicted octanol–water partition coefficient (Wildman–Crippen LogP) is 1.22. The summed E-state index contributed by atoms with van der Waals surface area (Å²) in [6, 6.07) is -0.321. The third kappa shape index (κ3) is 2.95. The summed E-state index contributed by atoms with van der Waals surface area (Å²) in [6.07, 6.45) is 6.70. The van der Waals surface area contributed by atoms with E-state index < -0.39 is 9.84 Å². The number of H-pyrrole nitrogens is 1. The molecule has 0 radical (unpaired) electrons. The Morgan fingerprint density at radius 1 is 1.38 bits per heavy atom. The lowest BCUT2D eigenvalue weighted by Crippen LogP contribution is -2.39. The van der Waals surface area contributed by atoms with Crippen LogP contribution in [0.15, 0.2) is 17.3 Å². The van der Waals surface area contributed by atoms with Crippen LogP contribution in [-0.4, -0.2) is 52.0 Å². The Labute approximate surface area is 140 Å². The monoisotopic (exact) mass is 351 g/mol. The summed E-state index contributed by atoms with van der Waals surface area (Å²) < 4.78 is 25.6. The average Bonchev–Trinajstić information content (AvgIpc) is 3.12. The number of rotatable bonds is 3. The Hall–Kier alpha value is -2.16. The molecule has 1 aliphatic heterocycles. The molecule has 8 nitrogen and oxygen atoms in total. The Morgan fingerprint density at radius 2 is 2.12 bits per heavy atom. The second-order valence-corrected chi connectivity index (χ2v) is 8.22. The minimum Gasteiger partial charge on any atom is -0.330 e. The molecule has 3 rings (SSSR count). The van der Waals surface area contributed by atoms with Crippen molar-refractivity contribution in [1.29, 1.82) is 0 Å². The van der Waals surface area contributed by atoms with E-state index in [0.29, 0.717) is 29.9 Å². The van der Waals surface area contributed by atoms with Crippen LogP contribution in [-0.2, 0) is 16.9 Å². The van der Waals surface area contributed by atoms with Crippen LogP contribution >= 0.6 is 0 Å². The van der Waals surface area contributed by atoms with Gasteiger partial charge in [-0.05, 0) is 26.2 Å². The minimum absolute atomic E-state index is 0.126. The van der Waals surface area contributed by atoms with Gasteiger partial charge in [-0.3, -0.25) is 14.6 Å². The lowest BCUT2D eigenvalue weighted by Gasteiger charge is -2.35. The van der Waals surface area contributed by atoms with Crippen molar-refractivity contribution in [2.45, 2.75) is 37.1 Å². The summed E-state index contributed by atoms with van der Waals surface area (Å²) in [5.41, 5.74) is 1.71. The predicted molar refractivity (Wildman–Crippen MR) is 87.3 cm³/mol. The van der Waals surface area contributed by atoms with Gasteiger partial charge in [0.25, 0.3) is 5.91 Å². The zero-order chi connectivity index (χ0) is 17.5. The molecule has 1 saturated heterocycles. The number of nitrogens with zero attached hydrogens (tertiary/aromatic N) is 4. The molecule has 0 aromatic carbocycles. The number of aryl methyl sites for hydroxylation is 2. The maximum absolute atomic E-state index is 13.0. The second kappa shape index (κ2) is 6.04. The molecular weight excluding hydrogens is 330 g/mol. The van der Waals surface area contributed by atoms with Gasteiger partial charge in [0.1, 0.15) is 4.90 Å². The topological polar surface area (TPSA) is 101 Å². The molecule has 0 spiro atoms. The first-order valence-electron chi connectivity index (χ1n) is 7.83. The van der Waals surface area contributed by atoms with Crippen molar-refractivity contribution in [3.8, 4) is 0 Å². The quantitative estimate of drug-likeness (QED) is 0.896. The molecule has 1 fully saturated rings. The van der Waals surface area contributed by atoms with E-state index in [9.17, 15) is 13.2 Å². The van der Waals surface area contributed by atoms with Crippen LogP contribution in [0, 0.1) is 6.92 Å². The van der Waals surface area contributed by atoms with Gasteiger partial charge in [0, 0.05) is 26.0 Å². The molecular formula is C15H21N5O3S. The Balaban J connectivity index is 1.99. The fourth-order valence-corrected chi connectivity index (χ4v) is 4.08. The summed E-state index contributed by atoms with van der Waals surface area (Å²) in [4.78, 5) is 14.9. The zero-order valence-corrected chi connectivity index (χ0v) is 14.8. The van der Waals surface area contributed by atoms with Gasteiger partial charge < -0.3 is 4.90 Å². The Kier molecular flexibility index (Phi) is 4.20. The lowest BCUT2D eigenvalue weighted by molar-refractivity contribution is 0.0601. The van der Waals surface area contributed by atoms with Crippen molar-refractivity contribution >= 4 is 15.7 Å². The highest BCUT2D eigenvalue weighted by Gasteiger charge is 2.34. The van der Waals surface area contributed by atoms with E-state index in [2.05, 4.69) is 15.3 Å².